The Balaban J connectivity index is 2.03. The number of hydrogen-bond donors (Lipinski definition) is 2. The molecule has 0 radical (unpaired) electrons. The smallest absolute Gasteiger partial charge is 0.266 e. The van der Waals surface area contributed by atoms with Gasteiger partial charge in [-0.25, -0.2) is 4.90 Å². The first-order valence-corrected chi connectivity index (χ1v) is 7.48. The standard InChI is InChI=1S/C18H10ClNO4/c19-10-4-5-15(22)14(7-10)20-17(23)12-3-1-2-9-6-11(21)8-13(16(9)12)18(20)24/h1-8,21-22H. The van der Waals surface area contributed by atoms with Crippen molar-refractivity contribution in [2.75, 3.05) is 4.90 Å². The highest BCUT2D eigenvalue weighted by Gasteiger charge is 2.35. The van der Waals surface area contributed by atoms with Crippen molar-refractivity contribution in [1.29, 1.82) is 0 Å². The quantitative estimate of drug-likeness (QED) is 0.663. The van der Waals surface area contributed by atoms with E-state index in [0.717, 1.165) is 4.90 Å². The van der Waals surface area contributed by atoms with Crippen LogP contribution in [-0.4, -0.2) is 22.0 Å². The molecule has 24 heavy (non-hydrogen) atoms. The Labute approximate surface area is 141 Å². The second-order valence-corrected chi connectivity index (χ2v) is 5.91. The highest BCUT2D eigenvalue weighted by molar-refractivity contribution is 6.37. The zero-order valence-corrected chi connectivity index (χ0v) is 12.9. The van der Waals surface area contributed by atoms with E-state index in [2.05, 4.69) is 0 Å². The van der Waals surface area contributed by atoms with Crippen LogP contribution in [0.15, 0.2) is 48.5 Å². The number of phenolic OH excluding ortho intramolecular Hbond substituents is 2. The third-order valence-electron chi connectivity index (χ3n) is 4.01. The summed E-state index contributed by atoms with van der Waals surface area (Å²) in [7, 11) is 0. The fourth-order valence-corrected chi connectivity index (χ4v) is 3.15. The lowest BCUT2D eigenvalue weighted by Gasteiger charge is -2.27. The van der Waals surface area contributed by atoms with E-state index in [9.17, 15) is 19.8 Å². The molecule has 3 aromatic rings. The van der Waals surface area contributed by atoms with Crippen molar-refractivity contribution in [2.24, 2.45) is 0 Å². The van der Waals surface area contributed by atoms with Gasteiger partial charge in [-0.15, -0.1) is 0 Å². The molecule has 1 heterocycles. The molecule has 0 aromatic heterocycles. The molecule has 0 aliphatic carbocycles. The van der Waals surface area contributed by atoms with Crippen molar-refractivity contribution in [2.45, 2.75) is 0 Å². The van der Waals surface area contributed by atoms with Gasteiger partial charge in [-0.3, -0.25) is 9.59 Å². The molecule has 0 saturated heterocycles. The van der Waals surface area contributed by atoms with Gasteiger partial charge < -0.3 is 10.2 Å². The number of imide groups is 1. The summed E-state index contributed by atoms with van der Waals surface area (Å²) >= 11 is 5.94. The first-order valence-electron chi connectivity index (χ1n) is 7.10. The van der Waals surface area contributed by atoms with Gasteiger partial charge >= 0.3 is 0 Å². The van der Waals surface area contributed by atoms with Crippen LogP contribution in [0.1, 0.15) is 20.7 Å². The summed E-state index contributed by atoms with van der Waals surface area (Å²) in [5.74, 6) is -1.50. The number of amides is 2. The van der Waals surface area contributed by atoms with Crippen molar-refractivity contribution in [1.82, 2.24) is 0 Å². The number of halogens is 1. The molecule has 2 amide bonds. The second-order valence-electron chi connectivity index (χ2n) is 5.48. The number of carbonyl (C=O) groups excluding carboxylic acids is 2. The lowest BCUT2D eigenvalue weighted by atomic mass is 9.93. The van der Waals surface area contributed by atoms with Gasteiger partial charge in [0.2, 0.25) is 0 Å². The van der Waals surface area contributed by atoms with Crippen molar-refractivity contribution >= 4 is 39.9 Å². The van der Waals surface area contributed by atoms with Gasteiger partial charge in [-0.2, -0.15) is 0 Å². The average molecular weight is 340 g/mol. The molecule has 4 rings (SSSR count). The molecule has 0 fully saturated rings. The van der Waals surface area contributed by atoms with Crippen molar-refractivity contribution < 1.29 is 19.8 Å². The minimum absolute atomic E-state index is 0.00324. The molecule has 2 N–H and O–H groups in total. The Bertz CT molecular complexity index is 1040. The largest absolute Gasteiger partial charge is 0.508 e. The summed E-state index contributed by atoms with van der Waals surface area (Å²) in [5.41, 5.74) is 0.518. The fraction of sp³-hybridized carbons (Fsp3) is 0. The number of rotatable bonds is 1. The Morgan fingerprint density at radius 1 is 0.875 bits per heavy atom. The van der Waals surface area contributed by atoms with Gasteiger partial charge in [-0.1, -0.05) is 23.7 Å². The SMILES string of the molecule is O=C1c2cccc3cc(O)cc(c23)C(=O)N1c1cc(Cl)ccc1O. The maximum Gasteiger partial charge on any atom is 0.266 e. The molecule has 5 nitrogen and oxygen atoms in total. The van der Waals surface area contributed by atoms with Crippen LogP contribution >= 0.6 is 11.6 Å². The number of benzene rings is 3. The first kappa shape index (κ1) is 14.5. The summed E-state index contributed by atoms with van der Waals surface area (Å²) in [4.78, 5) is 26.6. The van der Waals surface area contributed by atoms with E-state index in [-0.39, 0.29) is 27.8 Å². The van der Waals surface area contributed by atoms with Crippen molar-refractivity contribution in [3.63, 3.8) is 0 Å². The number of anilines is 1. The van der Waals surface area contributed by atoms with E-state index in [0.29, 0.717) is 16.3 Å². The molecule has 3 aromatic carbocycles. The number of aromatic hydroxyl groups is 2. The van der Waals surface area contributed by atoms with E-state index in [4.69, 9.17) is 11.6 Å². The van der Waals surface area contributed by atoms with Gasteiger partial charge in [0.1, 0.15) is 11.5 Å². The van der Waals surface area contributed by atoms with E-state index >= 15 is 0 Å². The lowest BCUT2D eigenvalue weighted by molar-refractivity contribution is 0.0892. The number of hydrogen-bond acceptors (Lipinski definition) is 4. The van der Waals surface area contributed by atoms with Crippen LogP contribution in [0.2, 0.25) is 5.02 Å². The predicted molar refractivity (Wildman–Crippen MR) is 89.9 cm³/mol. The molecule has 0 atom stereocenters. The highest BCUT2D eigenvalue weighted by atomic mass is 35.5. The summed E-state index contributed by atoms with van der Waals surface area (Å²) in [6, 6.07) is 11.9. The van der Waals surface area contributed by atoms with Gasteiger partial charge in [0.05, 0.1) is 11.3 Å². The normalized spacial score (nSPS) is 13.6. The molecule has 1 aliphatic rings. The zero-order valence-electron chi connectivity index (χ0n) is 12.2. The fourth-order valence-electron chi connectivity index (χ4n) is 2.99. The minimum Gasteiger partial charge on any atom is -0.508 e. The number of carbonyl (C=O) groups is 2. The van der Waals surface area contributed by atoms with E-state index in [1.165, 1.54) is 30.3 Å². The van der Waals surface area contributed by atoms with Crippen LogP contribution in [0.5, 0.6) is 11.5 Å². The molecular weight excluding hydrogens is 330 g/mol. The highest BCUT2D eigenvalue weighted by Crippen LogP contribution is 2.38. The number of nitrogens with zero attached hydrogens (tertiary/aromatic N) is 1. The Morgan fingerprint density at radius 2 is 1.62 bits per heavy atom. The topological polar surface area (TPSA) is 77.8 Å². The Kier molecular flexibility index (Phi) is 3.01. The van der Waals surface area contributed by atoms with Gasteiger partial charge in [0.25, 0.3) is 11.8 Å². The summed E-state index contributed by atoms with van der Waals surface area (Å²) in [6.45, 7) is 0. The van der Waals surface area contributed by atoms with Crippen LogP contribution in [0.4, 0.5) is 5.69 Å². The van der Waals surface area contributed by atoms with Crippen LogP contribution in [-0.2, 0) is 0 Å². The lowest BCUT2D eigenvalue weighted by Crippen LogP contribution is -2.40. The predicted octanol–water partition coefficient (Wildman–Crippen LogP) is 3.71. The van der Waals surface area contributed by atoms with E-state index in [1.807, 2.05) is 0 Å². The maximum absolute atomic E-state index is 12.9. The monoisotopic (exact) mass is 339 g/mol. The maximum atomic E-state index is 12.9. The third kappa shape index (κ3) is 1.95. The summed E-state index contributed by atoms with van der Waals surface area (Å²) in [6.07, 6.45) is 0. The Morgan fingerprint density at radius 3 is 2.42 bits per heavy atom. The first-order chi connectivity index (χ1) is 11.5. The average Bonchev–Trinajstić information content (AvgIpc) is 2.55. The van der Waals surface area contributed by atoms with E-state index < -0.39 is 11.8 Å². The summed E-state index contributed by atoms with van der Waals surface area (Å²) in [5, 5.41) is 21.3. The molecule has 0 spiro atoms. The second kappa shape index (κ2) is 4.97. The number of phenols is 2. The molecule has 118 valence electrons. The van der Waals surface area contributed by atoms with Crippen LogP contribution in [0, 0.1) is 0 Å². The van der Waals surface area contributed by atoms with Gasteiger partial charge in [0, 0.05) is 16.0 Å². The molecule has 1 aliphatic heterocycles. The minimum atomic E-state index is -0.628. The molecule has 0 unspecified atom stereocenters. The van der Waals surface area contributed by atoms with Crippen LogP contribution in [0.3, 0.4) is 0 Å². The summed E-state index contributed by atoms with van der Waals surface area (Å²) < 4.78 is 0. The van der Waals surface area contributed by atoms with Crippen molar-refractivity contribution in [3.8, 4) is 11.5 Å². The third-order valence-corrected chi connectivity index (χ3v) is 4.24. The Hall–Kier alpha value is -3.05. The molecule has 0 bridgehead atoms. The molecular formula is C18H10ClNO4. The molecule has 0 saturated carbocycles. The van der Waals surface area contributed by atoms with E-state index in [1.54, 1.807) is 18.2 Å². The van der Waals surface area contributed by atoms with Crippen LogP contribution in [0.25, 0.3) is 10.8 Å². The van der Waals surface area contributed by atoms with Gasteiger partial charge in [0.15, 0.2) is 0 Å². The zero-order chi connectivity index (χ0) is 17.0. The van der Waals surface area contributed by atoms with Crippen molar-refractivity contribution in [3.05, 3.63) is 64.7 Å². The van der Waals surface area contributed by atoms with Crippen LogP contribution < -0.4 is 4.90 Å². The van der Waals surface area contributed by atoms with Gasteiger partial charge in [-0.05, 0) is 41.8 Å². The molecule has 6 heteroatoms.